The Balaban J connectivity index is 2.02. The van der Waals surface area contributed by atoms with E-state index in [0.717, 1.165) is 45.3 Å². The maximum Gasteiger partial charge on any atom is 0.328 e. The van der Waals surface area contributed by atoms with Gasteiger partial charge in [-0.25, -0.2) is 4.79 Å². The molecule has 154 valence electrons. The number of hydrogen-bond acceptors (Lipinski definition) is 4. The van der Waals surface area contributed by atoms with Gasteiger partial charge in [0.25, 0.3) is 11.5 Å². The van der Waals surface area contributed by atoms with E-state index in [4.69, 9.17) is 0 Å². The summed E-state index contributed by atoms with van der Waals surface area (Å²) in [6, 6.07) is 4.83. The first kappa shape index (κ1) is 21.9. The van der Waals surface area contributed by atoms with Crippen LogP contribution in [0.4, 0.5) is 0 Å². The van der Waals surface area contributed by atoms with Crippen molar-refractivity contribution in [2.24, 2.45) is 0 Å². The fourth-order valence-electron chi connectivity index (χ4n) is 3.22. The molecule has 7 nitrogen and oxygen atoms in total. The van der Waals surface area contributed by atoms with Crippen molar-refractivity contribution in [1.82, 2.24) is 19.8 Å². The molecule has 28 heavy (non-hydrogen) atoms. The highest BCUT2D eigenvalue weighted by Gasteiger charge is 2.11. The second-order valence-corrected chi connectivity index (χ2v) is 6.99. The molecule has 0 saturated carbocycles. The number of H-pyrrole nitrogens is 1. The van der Waals surface area contributed by atoms with Crippen LogP contribution in [0.5, 0.6) is 0 Å². The summed E-state index contributed by atoms with van der Waals surface area (Å²) in [7, 11) is 0. The average molecular weight is 389 g/mol. The van der Waals surface area contributed by atoms with E-state index < -0.39 is 5.69 Å². The van der Waals surface area contributed by atoms with E-state index in [1.54, 1.807) is 18.2 Å². The molecule has 2 aromatic rings. The van der Waals surface area contributed by atoms with Crippen LogP contribution in [-0.4, -0.2) is 46.5 Å². The van der Waals surface area contributed by atoms with E-state index in [2.05, 4.69) is 29.0 Å². The largest absolute Gasteiger partial charge is 0.352 e. The fourth-order valence-corrected chi connectivity index (χ4v) is 3.22. The predicted molar refractivity (Wildman–Crippen MR) is 113 cm³/mol. The van der Waals surface area contributed by atoms with E-state index in [1.807, 2.05) is 6.92 Å². The van der Waals surface area contributed by atoms with Crippen LogP contribution in [0.25, 0.3) is 10.9 Å². The van der Waals surface area contributed by atoms with Gasteiger partial charge in [-0.1, -0.05) is 27.2 Å². The Kier molecular flexibility index (Phi) is 8.44. The standard InChI is InChI=1S/C21H32N4O3/c1-4-7-14-25-20(27)17-11-10-16(15-18(17)23-21(25)28)19(26)22-12-8-9-13-24(5-2)6-3/h10-11,15H,4-9,12-14H2,1-3H3,(H,22,26)(H,23,28). The molecular formula is C21H32N4O3. The topological polar surface area (TPSA) is 87.2 Å². The minimum Gasteiger partial charge on any atom is -0.352 e. The molecule has 0 saturated heterocycles. The normalized spacial score (nSPS) is 11.3. The molecule has 0 radical (unpaired) electrons. The van der Waals surface area contributed by atoms with Gasteiger partial charge in [0.15, 0.2) is 0 Å². The van der Waals surface area contributed by atoms with Crippen molar-refractivity contribution in [2.75, 3.05) is 26.2 Å². The fraction of sp³-hybridized carbons (Fsp3) is 0.571. The average Bonchev–Trinajstić information content (AvgIpc) is 2.70. The highest BCUT2D eigenvalue weighted by atomic mass is 16.2. The minimum absolute atomic E-state index is 0.194. The Labute approximate surface area is 165 Å². The summed E-state index contributed by atoms with van der Waals surface area (Å²) in [4.78, 5) is 42.2. The summed E-state index contributed by atoms with van der Waals surface area (Å²) in [5.74, 6) is -0.194. The number of nitrogens with one attached hydrogen (secondary N) is 2. The number of amides is 1. The molecule has 0 aliphatic heterocycles. The third-order valence-corrected chi connectivity index (χ3v) is 5.06. The number of fused-ring (bicyclic) bond motifs is 1. The Morgan fingerprint density at radius 1 is 1.11 bits per heavy atom. The molecule has 0 atom stereocenters. The lowest BCUT2D eigenvalue weighted by Crippen LogP contribution is -2.35. The maximum absolute atomic E-state index is 12.5. The van der Waals surface area contributed by atoms with Crippen LogP contribution in [0.3, 0.4) is 0 Å². The van der Waals surface area contributed by atoms with Gasteiger partial charge in [-0.15, -0.1) is 0 Å². The molecule has 2 N–H and O–H groups in total. The summed E-state index contributed by atoms with van der Waals surface area (Å²) in [6.07, 6.45) is 3.61. The Morgan fingerprint density at radius 3 is 2.54 bits per heavy atom. The summed E-state index contributed by atoms with van der Waals surface area (Å²) < 4.78 is 1.22. The maximum atomic E-state index is 12.5. The van der Waals surface area contributed by atoms with Crippen molar-refractivity contribution in [3.63, 3.8) is 0 Å². The summed E-state index contributed by atoms with van der Waals surface area (Å²) in [6.45, 7) is 10.4. The van der Waals surface area contributed by atoms with Gasteiger partial charge >= 0.3 is 5.69 Å². The molecular weight excluding hydrogens is 356 g/mol. The number of hydrogen-bond donors (Lipinski definition) is 2. The number of aromatic amines is 1. The van der Waals surface area contributed by atoms with E-state index in [-0.39, 0.29) is 11.5 Å². The van der Waals surface area contributed by atoms with Gasteiger partial charge in [0, 0.05) is 18.7 Å². The molecule has 7 heteroatoms. The van der Waals surface area contributed by atoms with Gasteiger partial charge < -0.3 is 15.2 Å². The lowest BCUT2D eigenvalue weighted by Gasteiger charge is -2.17. The molecule has 0 fully saturated rings. The first-order valence-corrected chi connectivity index (χ1v) is 10.3. The van der Waals surface area contributed by atoms with Crippen LogP contribution in [0.1, 0.15) is 56.8 Å². The third-order valence-electron chi connectivity index (χ3n) is 5.06. The molecule has 0 bridgehead atoms. The quantitative estimate of drug-likeness (QED) is 0.579. The zero-order valence-electron chi connectivity index (χ0n) is 17.2. The molecule has 0 unspecified atom stereocenters. The first-order valence-electron chi connectivity index (χ1n) is 10.3. The van der Waals surface area contributed by atoms with Crippen molar-refractivity contribution in [2.45, 2.75) is 53.0 Å². The zero-order valence-corrected chi connectivity index (χ0v) is 17.2. The second kappa shape index (κ2) is 10.8. The molecule has 1 aromatic carbocycles. The second-order valence-electron chi connectivity index (χ2n) is 6.99. The number of aromatic nitrogens is 2. The van der Waals surface area contributed by atoms with Crippen LogP contribution < -0.4 is 16.6 Å². The number of unbranched alkanes of at least 4 members (excludes halogenated alkanes) is 2. The molecule has 2 rings (SSSR count). The third kappa shape index (κ3) is 5.55. The summed E-state index contributed by atoms with van der Waals surface area (Å²) >= 11 is 0. The number of benzene rings is 1. The highest BCUT2D eigenvalue weighted by molar-refractivity contribution is 5.97. The SMILES string of the molecule is CCCCn1c(=O)[nH]c2cc(C(=O)NCCCCN(CC)CC)ccc2c1=O. The van der Waals surface area contributed by atoms with E-state index in [9.17, 15) is 14.4 Å². The van der Waals surface area contributed by atoms with Gasteiger partial charge in [-0.2, -0.15) is 0 Å². The molecule has 0 aliphatic carbocycles. The lowest BCUT2D eigenvalue weighted by atomic mass is 10.1. The molecule has 0 spiro atoms. The van der Waals surface area contributed by atoms with E-state index in [0.29, 0.717) is 29.6 Å². The monoisotopic (exact) mass is 388 g/mol. The zero-order chi connectivity index (χ0) is 20.5. The van der Waals surface area contributed by atoms with Crippen LogP contribution in [-0.2, 0) is 6.54 Å². The molecule has 1 amide bonds. The summed E-state index contributed by atoms with van der Waals surface area (Å²) in [5, 5.41) is 3.33. The number of nitrogens with zero attached hydrogens (tertiary/aromatic N) is 2. The van der Waals surface area contributed by atoms with Crippen LogP contribution in [0, 0.1) is 0 Å². The van der Waals surface area contributed by atoms with Gasteiger partial charge in [-0.05, 0) is 57.1 Å². The Bertz CT molecular complexity index is 897. The van der Waals surface area contributed by atoms with Gasteiger partial charge in [0.05, 0.1) is 10.9 Å². The number of carbonyl (C=O) groups excluding carboxylic acids is 1. The first-order chi connectivity index (χ1) is 13.5. The molecule has 0 aliphatic rings. The van der Waals surface area contributed by atoms with Gasteiger partial charge in [0.1, 0.15) is 0 Å². The Hall–Kier alpha value is -2.41. The van der Waals surface area contributed by atoms with Gasteiger partial charge in [-0.3, -0.25) is 14.2 Å². The Morgan fingerprint density at radius 2 is 1.86 bits per heavy atom. The van der Waals surface area contributed by atoms with Crippen LogP contribution in [0.15, 0.2) is 27.8 Å². The van der Waals surface area contributed by atoms with Crippen molar-refractivity contribution < 1.29 is 4.79 Å². The van der Waals surface area contributed by atoms with Crippen molar-refractivity contribution in [3.05, 3.63) is 44.6 Å². The minimum atomic E-state index is -0.431. The van der Waals surface area contributed by atoms with Crippen molar-refractivity contribution in [3.8, 4) is 0 Å². The molecule has 1 heterocycles. The van der Waals surface area contributed by atoms with Crippen LogP contribution in [0.2, 0.25) is 0 Å². The summed E-state index contributed by atoms with van der Waals surface area (Å²) in [5.41, 5.74) is 0.102. The molecule has 1 aromatic heterocycles. The van der Waals surface area contributed by atoms with Crippen molar-refractivity contribution >= 4 is 16.8 Å². The number of rotatable bonds is 11. The van der Waals surface area contributed by atoms with Crippen LogP contribution >= 0.6 is 0 Å². The van der Waals surface area contributed by atoms with Gasteiger partial charge in [0.2, 0.25) is 0 Å². The highest BCUT2D eigenvalue weighted by Crippen LogP contribution is 2.09. The van der Waals surface area contributed by atoms with E-state index in [1.165, 1.54) is 4.57 Å². The number of carbonyl (C=O) groups is 1. The lowest BCUT2D eigenvalue weighted by molar-refractivity contribution is 0.0952. The van der Waals surface area contributed by atoms with Crippen molar-refractivity contribution in [1.29, 1.82) is 0 Å². The smallest absolute Gasteiger partial charge is 0.328 e. The predicted octanol–water partition coefficient (Wildman–Crippen LogP) is 2.34. The van der Waals surface area contributed by atoms with E-state index >= 15 is 0 Å².